The van der Waals surface area contributed by atoms with Crippen molar-refractivity contribution in [1.29, 1.82) is 0 Å². The summed E-state index contributed by atoms with van der Waals surface area (Å²) in [5, 5.41) is 3.41. The van der Waals surface area contributed by atoms with Crippen LogP contribution in [0.1, 0.15) is 46.5 Å². The zero-order valence-corrected chi connectivity index (χ0v) is 13.2. The molecule has 0 amide bonds. The molecule has 0 saturated heterocycles. The standard InChI is InChI=1S/C16H23N3S/c1-3-17-9-14-8-13(12(2)20-14)10-19-11-18-15-6-4-5-7-16(15)19/h8,11,17H,3-7,9-10H2,1-2H3. The number of hydrogen-bond acceptors (Lipinski definition) is 3. The van der Waals surface area contributed by atoms with E-state index in [4.69, 9.17) is 0 Å². The van der Waals surface area contributed by atoms with Crippen molar-refractivity contribution in [2.24, 2.45) is 0 Å². The monoisotopic (exact) mass is 289 g/mol. The van der Waals surface area contributed by atoms with Gasteiger partial charge < -0.3 is 9.88 Å². The van der Waals surface area contributed by atoms with Crippen molar-refractivity contribution in [3.8, 4) is 0 Å². The lowest BCUT2D eigenvalue weighted by Gasteiger charge is -2.13. The van der Waals surface area contributed by atoms with Gasteiger partial charge in [0, 0.05) is 28.5 Å². The molecule has 2 heterocycles. The van der Waals surface area contributed by atoms with Gasteiger partial charge >= 0.3 is 0 Å². The minimum Gasteiger partial charge on any atom is -0.330 e. The molecule has 20 heavy (non-hydrogen) atoms. The smallest absolute Gasteiger partial charge is 0.0954 e. The Labute approximate surface area is 125 Å². The van der Waals surface area contributed by atoms with Gasteiger partial charge in [-0.05, 0) is 50.8 Å². The zero-order valence-electron chi connectivity index (χ0n) is 12.4. The Morgan fingerprint density at radius 1 is 1.35 bits per heavy atom. The number of aromatic nitrogens is 2. The van der Waals surface area contributed by atoms with E-state index in [0.717, 1.165) is 26.1 Å². The lowest BCUT2D eigenvalue weighted by Crippen LogP contribution is -2.10. The molecule has 0 saturated carbocycles. The number of fused-ring (bicyclic) bond motifs is 1. The summed E-state index contributed by atoms with van der Waals surface area (Å²) >= 11 is 1.92. The van der Waals surface area contributed by atoms with Crippen LogP contribution in [0.25, 0.3) is 0 Å². The molecule has 0 aliphatic heterocycles. The fourth-order valence-electron chi connectivity index (χ4n) is 2.93. The van der Waals surface area contributed by atoms with Crippen molar-refractivity contribution in [2.75, 3.05) is 6.54 Å². The molecule has 4 heteroatoms. The summed E-state index contributed by atoms with van der Waals surface area (Å²) in [5.74, 6) is 0. The molecule has 0 fully saturated rings. The summed E-state index contributed by atoms with van der Waals surface area (Å²) in [7, 11) is 0. The summed E-state index contributed by atoms with van der Waals surface area (Å²) < 4.78 is 2.36. The minimum absolute atomic E-state index is 0.983. The highest BCUT2D eigenvalue weighted by molar-refractivity contribution is 7.12. The van der Waals surface area contributed by atoms with Crippen molar-refractivity contribution in [2.45, 2.75) is 52.6 Å². The predicted molar refractivity (Wildman–Crippen MR) is 84.4 cm³/mol. The molecule has 1 aliphatic rings. The van der Waals surface area contributed by atoms with Gasteiger partial charge in [0.25, 0.3) is 0 Å². The van der Waals surface area contributed by atoms with E-state index in [1.54, 1.807) is 0 Å². The largest absolute Gasteiger partial charge is 0.330 e. The number of hydrogen-bond donors (Lipinski definition) is 1. The Morgan fingerprint density at radius 2 is 2.20 bits per heavy atom. The van der Waals surface area contributed by atoms with Gasteiger partial charge in [0.1, 0.15) is 0 Å². The van der Waals surface area contributed by atoms with Gasteiger partial charge in [-0.25, -0.2) is 4.98 Å². The van der Waals surface area contributed by atoms with Crippen LogP contribution in [-0.4, -0.2) is 16.1 Å². The first-order valence-electron chi connectivity index (χ1n) is 7.59. The number of imidazole rings is 1. The lowest BCUT2D eigenvalue weighted by molar-refractivity contribution is 0.628. The third-order valence-corrected chi connectivity index (χ3v) is 5.16. The predicted octanol–water partition coefficient (Wildman–Crippen LogP) is 3.29. The number of thiophene rings is 1. The van der Waals surface area contributed by atoms with E-state index in [0.29, 0.717) is 0 Å². The van der Waals surface area contributed by atoms with E-state index < -0.39 is 0 Å². The molecule has 3 nitrogen and oxygen atoms in total. The Hall–Kier alpha value is -1.13. The summed E-state index contributed by atoms with van der Waals surface area (Å²) in [5.41, 5.74) is 4.25. The molecule has 2 aromatic heterocycles. The Balaban J connectivity index is 1.77. The molecule has 1 aliphatic carbocycles. The first-order chi connectivity index (χ1) is 9.78. The van der Waals surface area contributed by atoms with Crippen molar-refractivity contribution in [3.05, 3.63) is 39.1 Å². The highest BCUT2D eigenvalue weighted by Gasteiger charge is 2.16. The van der Waals surface area contributed by atoms with E-state index in [9.17, 15) is 0 Å². The molecule has 0 bridgehead atoms. The van der Waals surface area contributed by atoms with Gasteiger partial charge in [0.15, 0.2) is 0 Å². The van der Waals surface area contributed by atoms with Crippen LogP contribution in [0.3, 0.4) is 0 Å². The van der Waals surface area contributed by atoms with Crippen molar-refractivity contribution in [3.63, 3.8) is 0 Å². The Morgan fingerprint density at radius 3 is 3.05 bits per heavy atom. The van der Waals surface area contributed by atoms with Crippen LogP contribution in [-0.2, 0) is 25.9 Å². The van der Waals surface area contributed by atoms with Crippen LogP contribution in [0.4, 0.5) is 0 Å². The second-order valence-corrected chi connectivity index (χ2v) is 6.89. The molecule has 108 valence electrons. The van der Waals surface area contributed by atoms with Crippen molar-refractivity contribution >= 4 is 11.3 Å². The third-order valence-electron chi connectivity index (χ3n) is 4.07. The molecule has 3 rings (SSSR count). The Bertz CT molecular complexity index is 583. The van der Waals surface area contributed by atoms with E-state index >= 15 is 0 Å². The minimum atomic E-state index is 0.983. The van der Waals surface area contributed by atoms with E-state index in [1.807, 2.05) is 17.7 Å². The van der Waals surface area contributed by atoms with E-state index in [2.05, 4.69) is 34.8 Å². The van der Waals surface area contributed by atoms with E-state index in [-0.39, 0.29) is 0 Å². The summed E-state index contributed by atoms with van der Waals surface area (Å²) in [6.45, 7) is 7.39. The highest BCUT2D eigenvalue weighted by Crippen LogP contribution is 2.25. The third kappa shape index (κ3) is 2.81. The molecular formula is C16H23N3S. The van der Waals surface area contributed by atoms with Gasteiger partial charge in [-0.3, -0.25) is 0 Å². The van der Waals surface area contributed by atoms with Crippen molar-refractivity contribution in [1.82, 2.24) is 14.9 Å². The lowest BCUT2D eigenvalue weighted by atomic mass is 10.0. The number of aryl methyl sites for hydroxylation is 2. The van der Waals surface area contributed by atoms with E-state index in [1.165, 1.54) is 46.0 Å². The second-order valence-electron chi connectivity index (χ2n) is 5.55. The first-order valence-corrected chi connectivity index (χ1v) is 8.41. The molecule has 1 N–H and O–H groups in total. The number of rotatable bonds is 5. The maximum Gasteiger partial charge on any atom is 0.0954 e. The molecule has 0 radical (unpaired) electrons. The van der Waals surface area contributed by atoms with Crippen LogP contribution in [0, 0.1) is 6.92 Å². The molecule has 2 aromatic rings. The SMILES string of the molecule is CCNCc1cc(Cn2cnc3c2CCCC3)c(C)s1. The number of nitrogens with zero attached hydrogens (tertiary/aromatic N) is 2. The zero-order chi connectivity index (χ0) is 13.9. The molecule has 0 atom stereocenters. The second kappa shape index (κ2) is 6.10. The fourth-order valence-corrected chi connectivity index (χ4v) is 3.95. The van der Waals surface area contributed by atoms with Crippen LogP contribution < -0.4 is 5.32 Å². The fraction of sp³-hybridized carbons (Fsp3) is 0.562. The summed E-state index contributed by atoms with van der Waals surface area (Å²) in [6, 6.07) is 2.36. The average Bonchev–Trinajstić information content (AvgIpc) is 3.02. The summed E-state index contributed by atoms with van der Waals surface area (Å²) in [6.07, 6.45) is 7.01. The van der Waals surface area contributed by atoms with Gasteiger partial charge in [-0.1, -0.05) is 6.92 Å². The van der Waals surface area contributed by atoms with Crippen LogP contribution >= 0.6 is 11.3 Å². The van der Waals surface area contributed by atoms with Crippen LogP contribution in [0.5, 0.6) is 0 Å². The molecule has 0 aromatic carbocycles. The van der Waals surface area contributed by atoms with Gasteiger partial charge in [0.05, 0.1) is 12.0 Å². The topological polar surface area (TPSA) is 29.9 Å². The van der Waals surface area contributed by atoms with Crippen LogP contribution in [0.15, 0.2) is 12.4 Å². The van der Waals surface area contributed by atoms with Crippen molar-refractivity contribution < 1.29 is 0 Å². The molecular weight excluding hydrogens is 266 g/mol. The van der Waals surface area contributed by atoms with Gasteiger partial charge in [-0.2, -0.15) is 0 Å². The number of nitrogens with one attached hydrogen (secondary N) is 1. The highest BCUT2D eigenvalue weighted by atomic mass is 32.1. The molecule has 0 spiro atoms. The molecule has 0 unspecified atom stereocenters. The normalized spacial score (nSPS) is 14.5. The summed E-state index contributed by atoms with van der Waals surface area (Å²) in [4.78, 5) is 7.47. The Kier molecular flexibility index (Phi) is 4.22. The van der Waals surface area contributed by atoms with Gasteiger partial charge in [0.2, 0.25) is 0 Å². The van der Waals surface area contributed by atoms with Gasteiger partial charge in [-0.15, -0.1) is 11.3 Å². The average molecular weight is 289 g/mol. The maximum atomic E-state index is 4.59. The quantitative estimate of drug-likeness (QED) is 0.915. The van der Waals surface area contributed by atoms with Crippen LogP contribution in [0.2, 0.25) is 0 Å². The maximum absolute atomic E-state index is 4.59. The first kappa shape index (κ1) is 13.8.